The zero-order chi connectivity index (χ0) is 17.8. The Labute approximate surface area is 153 Å². The Hall–Kier alpha value is -0.690. The molecule has 144 valence electrons. The van der Waals surface area contributed by atoms with E-state index in [-0.39, 0.29) is 6.04 Å². The van der Waals surface area contributed by atoms with Crippen LogP contribution in [-0.2, 0) is 4.79 Å². The van der Waals surface area contributed by atoms with Crippen LogP contribution in [0.3, 0.4) is 0 Å². The van der Waals surface area contributed by atoms with Gasteiger partial charge in [0.25, 0.3) is 0 Å². The highest BCUT2D eigenvalue weighted by atomic mass is 16.2. The van der Waals surface area contributed by atoms with Crippen molar-refractivity contribution >= 4 is 5.91 Å². The Morgan fingerprint density at radius 2 is 1.44 bits per heavy atom. The Balaban J connectivity index is 1.49. The van der Waals surface area contributed by atoms with Gasteiger partial charge in [-0.05, 0) is 53.4 Å². The van der Waals surface area contributed by atoms with Crippen LogP contribution in [0.25, 0.3) is 0 Å². The summed E-state index contributed by atoms with van der Waals surface area (Å²) in [6, 6.07) is 0.755. The number of piperidine rings is 1. The van der Waals surface area contributed by atoms with E-state index >= 15 is 0 Å². The van der Waals surface area contributed by atoms with Crippen molar-refractivity contribution in [2.45, 2.75) is 38.3 Å². The Bertz CT molecular complexity index is 430. The Morgan fingerprint density at radius 1 is 0.800 bits per heavy atom. The van der Waals surface area contributed by atoms with Gasteiger partial charge in [-0.2, -0.15) is 0 Å². The number of rotatable bonds is 3. The summed E-state index contributed by atoms with van der Waals surface area (Å²) in [7, 11) is 4.38. The van der Waals surface area contributed by atoms with Gasteiger partial charge in [-0.3, -0.25) is 14.6 Å². The number of carbonyl (C=O) groups excluding carboxylic acids is 1. The van der Waals surface area contributed by atoms with Crippen molar-refractivity contribution in [3.05, 3.63) is 0 Å². The fraction of sp³-hybridized carbons (Fsp3) is 0.947. The standard InChI is InChI=1S/C19H37N5O/c1-17(22-13-11-21(3)12-14-22)19(25)24-8-4-7-23(15-16-24)18-5-9-20(2)10-6-18/h17-18H,4-16H2,1-3H3. The number of amides is 1. The largest absolute Gasteiger partial charge is 0.340 e. The highest BCUT2D eigenvalue weighted by molar-refractivity contribution is 5.81. The van der Waals surface area contributed by atoms with E-state index in [4.69, 9.17) is 0 Å². The number of likely N-dealkylation sites (tertiary alicyclic amines) is 1. The molecule has 3 fully saturated rings. The van der Waals surface area contributed by atoms with Crippen molar-refractivity contribution in [1.29, 1.82) is 0 Å². The molecule has 3 heterocycles. The van der Waals surface area contributed by atoms with Crippen LogP contribution in [0.1, 0.15) is 26.2 Å². The van der Waals surface area contributed by atoms with Crippen LogP contribution in [0.4, 0.5) is 0 Å². The second kappa shape index (κ2) is 8.80. The third kappa shape index (κ3) is 4.94. The van der Waals surface area contributed by atoms with Crippen molar-refractivity contribution in [2.75, 3.05) is 79.5 Å². The van der Waals surface area contributed by atoms with Crippen molar-refractivity contribution in [1.82, 2.24) is 24.5 Å². The van der Waals surface area contributed by atoms with Crippen LogP contribution < -0.4 is 0 Å². The molecule has 0 aromatic heterocycles. The van der Waals surface area contributed by atoms with Crippen LogP contribution in [-0.4, -0.2) is 122 Å². The van der Waals surface area contributed by atoms with Crippen molar-refractivity contribution in [2.24, 2.45) is 0 Å². The third-order valence-corrected chi connectivity index (χ3v) is 6.49. The number of piperazine rings is 1. The van der Waals surface area contributed by atoms with Crippen molar-refractivity contribution in [3.8, 4) is 0 Å². The molecule has 0 aromatic carbocycles. The predicted molar refractivity (Wildman–Crippen MR) is 102 cm³/mol. The molecule has 1 atom stereocenters. The molecule has 0 radical (unpaired) electrons. The third-order valence-electron chi connectivity index (χ3n) is 6.49. The lowest BCUT2D eigenvalue weighted by atomic mass is 10.0. The topological polar surface area (TPSA) is 33.3 Å². The molecule has 0 bridgehead atoms. The number of hydrogen-bond acceptors (Lipinski definition) is 5. The van der Waals surface area contributed by atoms with E-state index in [2.05, 4.69) is 45.5 Å². The highest BCUT2D eigenvalue weighted by Crippen LogP contribution is 2.18. The highest BCUT2D eigenvalue weighted by Gasteiger charge is 2.30. The zero-order valence-corrected chi connectivity index (χ0v) is 16.5. The maximum Gasteiger partial charge on any atom is 0.239 e. The van der Waals surface area contributed by atoms with Gasteiger partial charge in [0.1, 0.15) is 0 Å². The minimum absolute atomic E-state index is 0.0311. The second-order valence-corrected chi connectivity index (χ2v) is 8.26. The minimum Gasteiger partial charge on any atom is -0.340 e. The number of nitrogens with zero attached hydrogens (tertiary/aromatic N) is 5. The van der Waals surface area contributed by atoms with Crippen LogP contribution >= 0.6 is 0 Å². The number of hydrogen-bond donors (Lipinski definition) is 0. The molecule has 0 spiro atoms. The maximum absolute atomic E-state index is 13.0. The molecule has 0 N–H and O–H groups in total. The lowest BCUT2D eigenvalue weighted by Crippen LogP contribution is -2.54. The quantitative estimate of drug-likeness (QED) is 0.728. The molecule has 25 heavy (non-hydrogen) atoms. The summed E-state index contributed by atoms with van der Waals surface area (Å²) < 4.78 is 0. The van der Waals surface area contributed by atoms with E-state index in [0.29, 0.717) is 5.91 Å². The van der Waals surface area contributed by atoms with Crippen molar-refractivity contribution < 1.29 is 4.79 Å². The van der Waals surface area contributed by atoms with E-state index in [9.17, 15) is 4.79 Å². The monoisotopic (exact) mass is 351 g/mol. The van der Waals surface area contributed by atoms with Gasteiger partial charge in [0.15, 0.2) is 0 Å². The van der Waals surface area contributed by atoms with Gasteiger partial charge in [-0.1, -0.05) is 0 Å². The first kappa shape index (κ1) is 19.1. The van der Waals surface area contributed by atoms with E-state index in [1.807, 2.05) is 0 Å². The summed E-state index contributed by atoms with van der Waals surface area (Å²) in [5, 5.41) is 0. The SMILES string of the molecule is CC(C(=O)N1CCCN(C2CCN(C)CC2)CC1)N1CCN(C)CC1. The first-order chi connectivity index (χ1) is 12.0. The van der Waals surface area contributed by atoms with E-state index in [0.717, 1.165) is 64.8 Å². The van der Waals surface area contributed by atoms with Gasteiger partial charge in [0.05, 0.1) is 6.04 Å². The van der Waals surface area contributed by atoms with Gasteiger partial charge in [-0.25, -0.2) is 0 Å². The Morgan fingerprint density at radius 3 is 2.12 bits per heavy atom. The number of likely N-dealkylation sites (N-methyl/N-ethyl adjacent to an activating group) is 1. The molecule has 3 rings (SSSR count). The summed E-state index contributed by atoms with van der Waals surface area (Å²) in [6.07, 6.45) is 3.68. The van der Waals surface area contributed by atoms with Gasteiger partial charge in [0.2, 0.25) is 5.91 Å². The molecule has 1 amide bonds. The maximum atomic E-state index is 13.0. The summed E-state index contributed by atoms with van der Waals surface area (Å²) in [5.41, 5.74) is 0. The molecular weight excluding hydrogens is 314 g/mol. The average molecular weight is 352 g/mol. The van der Waals surface area contributed by atoms with E-state index in [1.54, 1.807) is 0 Å². The van der Waals surface area contributed by atoms with Crippen LogP contribution in [0.15, 0.2) is 0 Å². The normalized spacial score (nSPS) is 28.0. The van der Waals surface area contributed by atoms with Crippen LogP contribution in [0.5, 0.6) is 0 Å². The van der Waals surface area contributed by atoms with Gasteiger partial charge in [0, 0.05) is 58.4 Å². The van der Waals surface area contributed by atoms with Crippen molar-refractivity contribution in [3.63, 3.8) is 0 Å². The fourth-order valence-electron chi connectivity index (χ4n) is 4.51. The molecule has 3 saturated heterocycles. The first-order valence-corrected chi connectivity index (χ1v) is 10.2. The lowest BCUT2D eigenvalue weighted by molar-refractivity contribution is -0.137. The summed E-state index contributed by atoms with van der Waals surface area (Å²) in [6.45, 7) is 12.7. The van der Waals surface area contributed by atoms with Gasteiger partial charge in [-0.15, -0.1) is 0 Å². The number of carbonyl (C=O) groups is 1. The molecule has 0 saturated carbocycles. The molecule has 0 aromatic rings. The molecule has 3 aliphatic rings. The molecular formula is C19H37N5O. The predicted octanol–water partition coefficient (Wildman–Crippen LogP) is 0.251. The molecule has 3 aliphatic heterocycles. The van der Waals surface area contributed by atoms with Gasteiger partial charge >= 0.3 is 0 Å². The lowest BCUT2D eigenvalue weighted by Gasteiger charge is -2.38. The van der Waals surface area contributed by atoms with E-state index in [1.165, 1.54) is 25.9 Å². The Kier molecular flexibility index (Phi) is 6.72. The summed E-state index contributed by atoms with van der Waals surface area (Å²) in [4.78, 5) is 24.9. The summed E-state index contributed by atoms with van der Waals surface area (Å²) in [5.74, 6) is 0.342. The first-order valence-electron chi connectivity index (χ1n) is 10.2. The summed E-state index contributed by atoms with van der Waals surface area (Å²) >= 11 is 0. The average Bonchev–Trinajstić information content (AvgIpc) is 2.88. The molecule has 0 aliphatic carbocycles. The van der Waals surface area contributed by atoms with Gasteiger partial charge < -0.3 is 14.7 Å². The van der Waals surface area contributed by atoms with Crippen LogP contribution in [0.2, 0.25) is 0 Å². The molecule has 6 heteroatoms. The van der Waals surface area contributed by atoms with Crippen LogP contribution in [0, 0.1) is 0 Å². The molecule has 1 unspecified atom stereocenters. The fourth-order valence-corrected chi connectivity index (χ4v) is 4.51. The minimum atomic E-state index is 0.0311. The van der Waals surface area contributed by atoms with E-state index < -0.39 is 0 Å². The smallest absolute Gasteiger partial charge is 0.239 e. The zero-order valence-electron chi connectivity index (χ0n) is 16.5. The molecule has 6 nitrogen and oxygen atoms in total. The second-order valence-electron chi connectivity index (χ2n) is 8.26.